The van der Waals surface area contributed by atoms with Crippen LogP contribution in [0, 0.1) is 17.2 Å². The molecule has 1 aliphatic carbocycles. The van der Waals surface area contributed by atoms with Crippen molar-refractivity contribution in [2.75, 3.05) is 5.32 Å². The molecule has 0 radical (unpaired) electrons. The Hall–Kier alpha value is -1.83. The molecular weight excluding hydrogens is 192 g/mol. The number of nitrogens with one attached hydrogen (secondary N) is 1. The third-order valence-corrected chi connectivity index (χ3v) is 2.38. The van der Waals surface area contributed by atoms with Crippen molar-refractivity contribution in [3.8, 4) is 6.07 Å². The lowest BCUT2D eigenvalue weighted by Crippen LogP contribution is -2.13. The highest BCUT2D eigenvalue weighted by Crippen LogP contribution is 2.32. The Labute approximate surface area is 87.7 Å². The van der Waals surface area contributed by atoms with Crippen molar-refractivity contribution in [1.82, 2.24) is 9.78 Å². The van der Waals surface area contributed by atoms with Gasteiger partial charge < -0.3 is 5.32 Å². The Morgan fingerprint density at radius 3 is 3.13 bits per heavy atom. The SMILES string of the molecule is Cn1cc(C#N)c(NC(=O)CC2CC2)n1. The molecule has 0 spiro atoms. The van der Waals surface area contributed by atoms with E-state index >= 15 is 0 Å². The maximum absolute atomic E-state index is 11.5. The minimum atomic E-state index is -0.0484. The molecule has 0 bridgehead atoms. The van der Waals surface area contributed by atoms with Gasteiger partial charge >= 0.3 is 0 Å². The summed E-state index contributed by atoms with van der Waals surface area (Å²) in [5, 5.41) is 15.5. The number of hydrogen-bond donors (Lipinski definition) is 1. The standard InChI is InChI=1S/C10H12N4O/c1-14-6-8(5-11)10(13-14)12-9(15)4-7-2-3-7/h6-7H,2-4H2,1H3,(H,12,13,15). The molecule has 1 fully saturated rings. The van der Waals surface area contributed by atoms with Crippen molar-refractivity contribution in [2.45, 2.75) is 19.3 Å². The third-order valence-electron chi connectivity index (χ3n) is 2.38. The van der Waals surface area contributed by atoms with Crippen LogP contribution in [0.4, 0.5) is 5.82 Å². The van der Waals surface area contributed by atoms with Crippen molar-refractivity contribution in [3.05, 3.63) is 11.8 Å². The van der Waals surface area contributed by atoms with Gasteiger partial charge in [-0.05, 0) is 18.8 Å². The third kappa shape index (κ3) is 2.34. The summed E-state index contributed by atoms with van der Waals surface area (Å²) in [6, 6.07) is 1.99. The number of aryl methyl sites for hydroxylation is 1. The number of carbonyl (C=O) groups excluding carboxylic acids is 1. The molecule has 1 amide bonds. The normalized spacial score (nSPS) is 14.7. The monoisotopic (exact) mass is 204 g/mol. The second kappa shape index (κ2) is 3.73. The maximum Gasteiger partial charge on any atom is 0.225 e. The highest BCUT2D eigenvalue weighted by Gasteiger charge is 2.25. The summed E-state index contributed by atoms with van der Waals surface area (Å²) in [6.07, 6.45) is 4.41. The average Bonchev–Trinajstić information content (AvgIpc) is 2.90. The number of aromatic nitrogens is 2. The molecular formula is C10H12N4O. The van der Waals surface area contributed by atoms with Gasteiger partial charge in [0.15, 0.2) is 5.82 Å². The van der Waals surface area contributed by atoms with Crippen LogP contribution in [-0.2, 0) is 11.8 Å². The number of nitrogens with zero attached hydrogens (tertiary/aromatic N) is 3. The minimum Gasteiger partial charge on any atom is -0.308 e. The first-order chi connectivity index (χ1) is 7.19. The fourth-order valence-corrected chi connectivity index (χ4v) is 1.43. The van der Waals surface area contributed by atoms with Crippen molar-refractivity contribution in [2.24, 2.45) is 13.0 Å². The first kappa shape index (κ1) is 9.71. The zero-order valence-corrected chi connectivity index (χ0v) is 8.53. The first-order valence-corrected chi connectivity index (χ1v) is 4.92. The Bertz CT molecular complexity index is 425. The molecule has 0 unspecified atom stereocenters. The van der Waals surface area contributed by atoms with E-state index in [-0.39, 0.29) is 5.91 Å². The number of anilines is 1. The summed E-state index contributed by atoms with van der Waals surface area (Å²) < 4.78 is 1.52. The van der Waals surface area contributed by atoms with Gasteiger partial charge in [0.1, 0.15) is 11.6 Å². The van der Waals surface area contributed by atoms with Crippen LogP contribution >= 0.6 is 0 Å². The number of amides is 1. The van der Waals surface area contributed by atoms with Gasteiger partial charge in [-0.1, -0.05) is 0 Å². The molecule has 1 heterocycles. The van der Waals surface area contributed by atoms with Crippen LogP contribution in [-0.4, -0.2) is 15.7 Å². The second-order valence-electron chi connectivity index (χ2n) is 3.87. The van der Waals surface area contributed by atoms with Gasteiger partial charge in [0.2, 0.25) is 5.91 Å². The number of carbonyl (C=O) groups is 1. The first-order valence-electron chi connectivity index (χ1n) is 4.92. The highest BCUT2D eigenvalue weighted by atomic mass is 16.1. The number of hydrogen-bond acceptors (Lipinski definition) is 3. The molecule has 1 aromatic heterocycles. The maximum atomic E-state index is 11.5. The summed E-state index contributed by atoms with van der Waals surface area (Å²) in [7, 11) is 1.72. The predicted octanol–water partition coefficient (Wildman–Crippen LogP) is 1.03. The van der Waals surface area contributed by atoms with Crippen LogP contribution in [0.2, 0.25) is 0 Å². The number of rotatable bonds is 3. The van der Waals surface area contributed by atoms with E-state index in [1.807, 2.05) is 6.07 Å². The number of nitriles is 1. The largest absolute Gasteiger partial charge is 0.308 e. The molecule has 5 heteroatoms. The molecule has 0 atom stereocenters. The Kier molecular flexibility index (Phi) is 2.42. The molecule has 0 saturated heterocycles. The van der Waals surface area contributed by atoms with Crippen LogP contribution in [0.1, 0.15) is 24.8 Å². The van der Waals surface area contributed by atoms with E-state index in [1.54, 1.807) is 13.2 Å². The van der Waals surface area contributed by atoms with Gasteiger partial charge in [0.25, 0.3) is 0 Å². The van der Waals surface area contributed by atoms with E-state index in [2.05, 4.69) is 10.4 Å². The lowest BCUT2D eigenvalue weighted by molar-refractivity contribution is -0.116. The van der Waals surface area contributed by atoms with E-state index in [9.17, 15) is 4.79 Å². The summed E-state index contributed by atoms with van der Waals surface area (Å²) in [4.78, 5) is 11.5. The molecule has 5 nitrogen and oxygen atoms in total. The Morgan fingerprint density at radius 1 is 1.80 bits per heavy atom. The Morgan fingerprint density at radius 2 is 2.53 bits per heavy atom. The van der Waals surface area contributed by atoms with Crippen LogP contribution < -0.4 is 5.32 Å². The average molecular weight is 204 g/mol. The molecule has 0 aromatic carbocycles. The predicted molar refractivity (Wildman–Crippen MR) is 53.9 cm³/mol. The van der Waals surface area contributed by atoms with Gasteiger partial charge in [-0.3, -0.25) is 9.48 Å². The van der Waals surface area contributed by atoms with Gasteiger partial charge in [0.05, 0.1) is 0 Å². The van der Waals surface area contributed by atoms with Crippen molar-refractivity contribution >= 4 is 11.7 Å². The fourth-order valence-electron chi connectivity index (χ4n) is 1.43. The van der Waals surface area contributed by atoms with Gasteiger partial charge in [-0.2, -0.15) is 10.4 Å². The van der Waals surface area contributed by atoms with E-state index in [4.69, 9.17) is 5.26 Å². The van der Waals surface area contributed by atoms with Crippen LogP contribution in [0.25, 0.3) is 0 Å². The highest BCUT2D eigenvalue weighted by molar-refractivity contribution is 5.91. The molecule has 15 heavy (non-hydrogen) atoms. The summed E-state index contributed by atoms with van der Waals surface area (Å²) in [6.45, 7) is 0. The van der Waals surface area contributed by atoms with Gasteiger partial charge in [0, 0.05) is 19.7 Å². The molecule has 0 aliphatic heterocycles. The van der Waals surface area contributed by atoms with E-state index in [0.29, 0.717) is 23.7 Å². The van der Waals surface area contributed by atoms with Crippen molar-refractivity contribution < 1.29 is 4.79 Å². The molecule has 1 saturated carbocycles. The van der Waals surface area contributed by atoms with Crippen molar-refractivity contribution in [1.29, 1.82) is 5.26 Å². The lowest BCUT2D eigenvalue weighted by atomic mass is 10.2. The topological polar surface area (TPSA) is 70.7 Å². The zero-order chi connectivity index (χ0) is 10.8. The molecule has 1 N–H and O–H groups in total. The quantitative estimate of drug-likeness (QED) is 0.799. The van der Waals surface area contributed by atoms with E-state index < -0.39 is 0 Å². The Balaban J connectivity index is 2.02. The second-order valence-corrected chi connectivity index (χ2v) is 3.87. The smallest absolute Gasteiger partial charge is 0.225 e. The van der Waals surface area contributed by atoms with E-state index in [1.165, 1.54) is 4.68 Å². The molecule has 78 valence electrons. The minimum absolute atomic E-state index is 0.0484. The van der Waals surface area contributed by atoms with Crippen LogP contribution in [0.3, 0.4) is 0 Å². The molecule has 1 aliphatic rings. The van der Waals surface area contributed by atoms with Crippen LogP contribution in [0.15, 0.2) is 6.20 Å². The van der Waals surface area contributed by atoms with Gasteiger partial charge in [-0.25, -0.2) is 0 Å². The molecule has 2 rings (SSSR count). The summed E-state index contributed by atoms with van der Waals surface area (Å²) >= 11 is 0. The zero-order valence-electron chi connectivity index (χ0n) is 8.53. The summed E-state index contributed by atoms with van der Waals surface area (Å²) in [5.74, 6) is 0.859. The van der Waals surface area contributed by atoms with Gasteiger partial charge in [-0.15, -0.1) is 0 Å². The summed E-state index contributed by atoms with van der Waals surface area (Å²) in [5.41, 5.74) is 0.404. The van der Waals surface area contributed by atoms with Crippen LogP contribution in [0.5, 0.6) is 0 Å². The molecule has 1 aromatic rings. The lowest BCUT2D eigenvalue weighted by Gasteiger charge is -2.00. The van der Waals surface area contributed by atoms with E-state index in [0.717, 1.165) is 12.8 Å². The fraction of sp³-hybridized carbons (Fsp3) is 0.500. The van der Waals surface area contributed by atoms with Crippen molar-refractivity contribution in [3.63, 3.8) is 0 Å².